The largest absolute Gasteiger partial charge is 0.439 e. The monoisotopic (exact) mass is 291 g/mol. The van der Waals surface area contributed by atoms with Crippen molar-refractivity contribution in [3.8, 4) is 11.6 Å². The third kappa shape index (κ3) is 3.84. The van der Waals surface area contributed by atoms with E-state index in [1.165, 1.54) is 0 Å². The molecule has 1 aromatic heterocycles. The first-order chi connectivity index (χ1) is 9.72. The van der Waals surface area contributed by atoms with Crippen molar-refractivity contribution in [3.05, 3.63) is 41.0 Å². The van der Waals surface area contributed by atoms with Gasteiger partial charge in [-0.3, -0.25) is 0 Å². The first-order valence-electron chi connectivity index (χ1n) is 6.76. The van der Waals surface area contributed by atoms with Crippen LogP contribution in [0.2, 0.25) is 5.02 Å². The molecule has 0 bridgehead atoms. The van der Waals surface area contributed by atoms with Crippen molar-refractivity contribution >= 4 is 17.5 Å². The summed E-state index contributed by atoms with van der Waals surface area (Å²) >= 11 is 6.09. The molecular formula is C15H18ClN3O. The summed E-state index contributed by atoms with van der Waals surface area (Å²) in [6.07, 6.45) is 3.56. The minimum Gasteiger partial charge on any atom is -0.439 e. The molecule has 4 nitrogen and oxygen atoms in total. The second kappa shape index (κ2) is 7.10. The van der Waals surface area contributed by atoms with Gasteiger partial charge in [0, 0.05) is 23.8 Å². The summed E-state index contributed by atoms with van der Waals surface area (Å²) in [6.45, 7) is 4.99. The quantitative estimate of drug-likeness (QED) is 0.861. The number of ether oxygens (including phenoxy) is 1. The molecule has 0 saturated heterocycles. The maximum atomic E-state index is 6.09. The summed E-state index contributed by atoms with van der Waals surface area (Å²) in [5.74, 6) is 1.82. The molecule has 0 radical (unpaired) electrons. The number of aryl methyl sites for hydroxylation is 1. The number of nitrogens with zero attached hydrogens (tertiary/aromatic N) is 2. The van der Waals surface area contributed by atoms with E-state index >= 15 is 0 Å². The Morgan fingerprint density at radius 2 is 2.10 bits per heavy atom. The highest BCUT2D eigenvalue weighted by Gasteiger charge is 2.04. The molecule has 2 aromatic rings. The number of rotatable bonds is 6. The summed E-state index contributed by atoms with van der Waals surface area (Å²) in [7, 11) is 0. The molecule has 20 heavy (non-hydrogen) atoms. The van der Waals surface area contributed by atoms with Crippen LogP contribution in [0.25, 0.3) is 0 Å². The molecule has 5 heteroatoms. The van der Waals surface area contributed by atoms with Gasteiger partial charge in [-0.05, 0) is 36.6 Å². The molecule has 106 valence electrons. The summed E-state index contributed by atoms with van der Waals surface area (Å²) in [5.41, 5.74) is 1.06. The molecule has 1 heterocycles. The minimum atomic E-state index is 0.517. The fourth-order valence-electron chi connectivity index (χ4n) is 1.73. The normalized spacial score (nSPS) is 10.3. The maximum Gasteiger partial charge on any atom is 0.225 e. The topological polar surface area (TPSA) is 47.0 Å². The minimum absolute atomic E-state index is 0.517. The predicted octanol–water partition coefficient (Wildman–Crippen LogP) is 4.31. The predicted molar refractivity (Wildman–Crippen MR) is 81.7 cm³/mol. The maximum absolute atomic E-state index is 6.09. The van der Waals surface area contributed by atoms with E-state index in [0.717, 1.165) is 35.7 Å². The summed E-state index contributed by atoms with van der Waals surface area (Å²) in [6, 6.07) is 7.34. The fourth-order valence-corrected chi connectivity index (χ4v) is 1.98. The molecule has 0 spiro atoms. The molecule has 0 atom stereocenters. The Kier molecular flexibility index (Phi) is 5.18. The molecule has 0 aliphatic carbocycles. The van der Waals surface area contributed by atoms with Crippen LogP contribution >= 0.6 is 11.6 Å². The second-order valence-corrected chi connectivity index (χ2v) is 4.76. The Bertz CT molecular complexity index is 575. The van der Waals surface area contributed by atoms with Gasteiger partial charge in [-0.15, -0.1) is 0 Å². The average molecular weight is 292 g/mol. The van der Waals surface area contributed by atoms with Gasteiger partial charge in [-0.1, -0.05) is 25.4 Å². The van der Waals surface area contributed by atoms with E-state index in [-0.39, 0.29) is 0 Å². The third-order valence-electron chi connectivity index (χ3n) is 2.78. The average Bonchev–Trinajstić information content (AvgIpc) is 2.47. The number of halogens is 1. The Hall–Kier alpha value is -1.81. The van der Waals surface area contributed by atoms with E-state index < -0.39 is 0 Å². The zero-order valence-corrected chi connectivity index (χ0v) is 12.4. The number of hydrogen-bond donors (Lipinski definition) is 1. The van der Waals surface area contributed by atoms with Crippen LogP contribution in [0.3, 0.4) is 0 Å². The van der Waals surface area contributed by atoms with Gasteiger partial charge in [0.1, 0.15) is 5.75 Å². The van der Waals surface area contributed by atoms with E-state index in [1.807, 2.05) is 18.2 Å². The lowest BCUT2D eigenvalue weighted by Crippen LogP contribution is -2.04. The van der Waals surface area contributed by atoms with E-state index in [4.69, 9.17) is 16.3 Å². The zero-order valence-electron chi connectivity index (χ0n) is 11.7. The van der Waals surface area contributed by atoms with Crippen LogP contribution in [0, 0.1) is 0 Å². The lowest BCUT2D eigenvalue weighted by molar-refractivity contribution is 0.461. The van der Waals surface area contributed by atoms with E-state index in [1.54, 1.807) is 12.3 Å². The summed E-state index contributed by atoms with van der Waals surface area (Å²) in [5, 5.41) is 3.89. The zero-order chi connectivity index (χ0) is 14.4. The Balaban J connectivity index is 2.13. The van der Waals surface area contributed by atoms with Crippen molar-refractivity contribution in [1.82, 2.24) is 9.97 Å². The van der Waals surface area contributed by atoms with E-state index in [0.29, 0.717) is 11.8 Å². The van der Waals surface area contributed by atoms with Crippen molar-refractivity contribution in [2.75, 3.05) is 11.9 Å². The van der Waals surface area contributed by atoms with Crippen molar-refractivity contribution < 1.29 is 4.74 Å². The number of benzene rings is 1. The van der Waals surface area contributed by atoms with Crippen LogP contribution in [-0.2, 0) is 6.42 Å². The molecule has 0 amide bonds. The van der Waals surface area contributed by atoms with Crippen molar-refractivity contribution in [2.24, 2.45) is 0 Å². The molecule has 0 aliphatic heterocycles. The summed E-state index contributed by atoms with van der Waals surface area (Å²) < 4.78 is 5.75. The van der Waals surface area contributed by atoms with Crippen LogP contribution in [0.4, 0.5) is 5.95 Å². The highest BCUT2D eigenvalue weighted by molar-refractivity contribution is 6.31. The molecule has 0 unspecified atom stereocenters. The van der Waals surface area contributed by atoms with E-state index in [9.17, 15) is 0 Å². The highest BCUT2D eigenvalue weighted by Crippen LogP contribution is 2.26. The Morgan fingerprint density at radius 3 is 2.85 bits per heavy atom. The lowest BCUT2D eigenvalue weighted by atomic mass is 10.1. The number of nitrogens with one attached hydrogen (secondary N) is 1. The van der Waals surface area contributed by atoms with Crippen molar-refractivity contribution in [1.29, 1.82) is 0 Å². The van der Waals surface area contributed by atoms with E-state index in [2.05, 4.69) is 29.1 Å². The fraction of sp³-hybridized carbons (Fsp3) is 0.333. The molecule has 1 N–H and O–H groups in total. The lowest BCUT2D eigenvalue weighted by Gasteiger charge is -2.09. The molecular weight excluding hydrogens is 274 g/mol. The molecule has 0 aliphatic rings. The van der Waals surface area contributed by atoms with Crippen molar-refractivity contribution in [3.63, 3.8) is 0 Å². The number of anilines is 1. The molecule has 0 saturated carbocycles. The number of aromatic nitrogens is 2. The molecule has 0 fully saturated rings. The highest BCUT2D eigenvalue weighted by atomic mass is 35.5. The Labute approximate surface area is 124 Å². The molecule has 1 aromatic carbocycles. The SMILES string of the molecule is CCCNc1nccc(Oc2ccc(Cl)c(CC)c2)n1. The van der Waals surface area contributed by atoms with Gasteiger partial charge in [0.25, 0.3) is 0 Å². The first kappa shape index (κ1) is 14.6. The van der Waals surface area contributed by atoms with Gasteiger partial charge in [0.2, 0.25) is 11.8 Å². The van der Waals surface area contributed by atoms with Crippen LogP contribution in [0.15, 0.2) is 30.5 Å². The van der Waals surface area contributed by atoms with Gasteiger partial charge < -0.3 is 10.1 Å². The standard InChI is InChI=1S/C15H18ClN3O/c1-3-8-17-15-18-9-7-14(19-15)20-12-5-6-13(16)11(4-2)10-12/h5-7,9-10H,3-4,8H2,1-2H3,(H,17,18,19). The van der Waals surface area contributed by atoms with Gasteiger partial charge in [-0.25, -0.2) is 4.98 Å². The van der Waals surface area contributed by atoms with Crippen LogP contribution in [0.5, 0.6) is 11.6 Å². The second-order valence-electron chi connectivity index (χ2n) is 4.35. The van der Waals surface area contributed by atoms with Crippen LogP contribution in [0.1, 0.15) is 25.8 Å². The first-order valence-corrected chi connectivity index (χ1v) is 7.14. The van der Waals surface area contributed by atoms with Gasteiger partial charge in [-0.2, -0.15) is 4.98 Å². The van der Waals surface area contributed by atoms with Crippen LogP contribution in [-0.4, -0.2) is 16.5 Å². The molecule has 2 rings (SSSR count). The Morgan fingerprint density at radius 1 is 1.25 bits per heavy atom. The van der Waals surface area contributed by atoms with Crippen molar-refractivity contribution in [2.45, 2.75) is 26.7 Å². The number of hydrogen-bond acceptors (Lipinski definition) is 4. The summed E-state index contributed by atoms with van der Waals surface area (Å²) in [4.78, 5) is 8.45. The third-order valence-corrected chi connectivity index (χ3v) is 3.15. The van der Waals surface area contributed by atoms with Gasteiger partial charge in [0.05, 0.1) is 0 Å². The van der Waals surface area contributed by atoms with Gasteiger partial charge in [0.15, 0.2) is 0 Å². The smallest absolute Gasteiger partial charge is 0.225 e. The van der Waals surface area contributed by atoms with Gasteiger partial charge >= 0.3 is 0 Å². The van der Waals surface area contributed by atoms with Crippen LogP contribution < -0.4 is 10.1 Å².